The van der Waals surface area contributed by atoms with E-state index in [9.17, 15) is 19.5 Å². The molecule has 7 nitrogen and oxygen atoms in total. The highest BCUT2D eigenvalue weighted by molar-refractivity contribution is 6.01. The van der Waals surface area contributed by atoms with Gasteiger partial charge in [-0.05, 0) is 24.6 Å². The fourth-order valence-corrected chi connectivity index (χ4v) is 1.91. The third-order valence-corrected chi connectivity index (χ3v) is 2.86. The minimum Gasteiger partial charge on any atom is -0.478 e. The van der Waals surface area contributed by atoms with Gasteiger partial charge in [0.2, 0.25) is 5.91 Å². The van der Waals surface area contributed by atoms with Crippen LogP contribution in [-0.4, -0.2) is 26.5 Å². The van der Waals surface area contributed by atoms with Crippen molar-refractivity contribution in [1.29, 1.82) is 0 Å². The van der Waals surface area contributed by atoms with Crippen LogP contribution in [0.2, 0.25) is 0 Å². The Morgan fingerprint density at radius 2 is 2.10 bits per heavy atom. The normalized spacial score (nSPS) is 10.1. The van der Waals surface area contributed by atoms with Crippen molar-refractivity contribution in [3.8, 4) is 0 Å². The monoisotopic (exact) mass is 287 g/mol. The lowest BCUT2D eigenvalue weighted by Gasteiger charge is -2.11. The van der Waals surface area contributed by atoms with Gasteiger partial charge < -0.3 is 10.4 Å². The zero-order valence-electron chi connectivity index (χ0n) is 11.2. The number of nitrogens with zero attached hydrogens (tertiary/aromatic N) is 2. The number of benzene rings is 1. The maximum absolute atomic E-state index is 11.9. The molecule has 0 spiro atoms. The number of hydrogen-bond donors (Lipinski definition) is 2. The molecule has 0 fully saturated rings. The standard InChI is InChI=1S/C14H13N3O4/c1-9-4-2-5-10(12(9)13(19)20)16-11(18)8-17-7-3-6-15-14(17)21/h2-7H,8H2,1H3,(H,16,18)(H,19,20). The molecule has 108 valence electrons. The van der Waals surface area contributed by atoms with E-state index in [-0.39, 0.29) is 17.8 Å². The van der Waals surface area contributed by atoms with E-state index in [0.717, 1.165) is 4.57 Å². The summed E-state index contributed by atoms with van der Waals surface area (Å²) in [6.45, 7) is 1.41. The Labute approximate surface area is 119 Å². The van der Waals surface area contributed by atoms with Gasteiger partial charge in [0, 0.05) is 12.4 Å². The second-order valence-corrected chi connectivity index (χ2v) is 4.38. The molecule has 0 atom stereocenters. The fourth-order valence-electron chi connectivity index (χ4n) is 1.91. The van der Waals surface area contributed by atoms with Crippen molar-refractivity contribution in [2.75, 3.05) is 5.32 Å². The van der Waals surface area contributed by atoms with Gasteiger partial charge in [-0.15, -0.1) is 0 Å². The zero-order valence-corrected chi connectivity index (χ0v) is 11.2. The van der Waals surface area contributed by atoms with Gasteiger partial charge in [0.1, 0.15) is 6.54 Å². The Morgan fingerprint density at radius 3 is 2.76 bits per heavy atom. The van der Waals surface area contributed by atoms with Gasteiger partial charge in [0.05, 0.1) is 11.3 Å². The summed E-state index contributed by atoms with van der Waals surface area (Å²) in [5, 5.41) is 11.7. The van der Waals surface area contributed by atoms with E-state index in [1.165, 1.54) is 24.5 Å². The molecule has 0 saturated heterocycles. The molecular weight excluding hydrogens is 274 g/mol. The minimum absolute atomic E-state index is 0.0318. The van der Waals surface area contributed by atoms with Crippen LogP contribution in [0.5, 0.6) is 0 Å². The lowest BCUT2D eigenvalue weighted by molar-refractivity contribution is -0.116. The van der Waals surface area contributed by atoms with Gasteiger partial charge in [-0.2, -0.15) is 0 Å². The maximum atomic E-state index is 11.9. The molecule has 1 amide bonds. The summed E-state index contributed by atoms with van der Waals surface area (Å²) in [6, 6.07) is 6.32. The molecule has 1 heterocycles. The number of rotatable bonds is 4. The number of anilines is 1. The topological polar surface area (TPSA) is 101 Å². The first-order chi connectivity index (χ1) is 9.99. The minimum atomic E-state index is -1.12. The third-order valence-electron chi connectivity index (χ3n) is 2.86. The molecule has 1 aromatic carbocycles. The molecule has 2 rings (SSSR count). The van der Waals surface area contributed by atoms with Crippen molar-refractivity contribution in [2.45, 2.75) is 13.5 Å². The van der Waals surface area contributed by atoms with Crippen LogP contribution in [0.3, 0.4) is 0 Å². The Balaban J connectivity index is 2.21. The van der Waals surface area contributed by atoms with Crippen LogP contribution in [0.15, 0.2) is 41.5 Å². The first kappa shape index (κ1) is 14.4. The molecule has 0 radical (unpaired) electrons. The smallest absolute Gasteiger partial charge is 0.347 e. The molecule has 2 aromatic rings. The second-order valence-electron chi connectivity index (χ2n) is 4.38. The van der Waals surface area contributed by atoms with E-state index in [1.807, 2.05) is 0 Å². The summed E-state index contributed by atoms with van der Waals surface area (Å²) >= 11 is 0. The predicted octanol–water partition coefficient (Wildman–Crippen LogP) is 0.889. The summed E-state index contributed by atoms with van der Waals surface area (Å²) in [7, 11) is 0. The molecule has 0 bridgehead atoms. The van der Waals surface area contributed by atoms with Gasteiger partial charge in [0.25, 0.3) is 0 Å². The summed E-state index contributed by atoms with van der Waals surface area (Å²) in [5.41, 5.74) is 0.225. The fraction of sp³-hybridized carbons (Fsp3) is 0.143. The van der Waals surface area contributed by atoms with Gasteiger partial charge in [-0.1, -0.05) is 12.1 Å². The SMILES string of the molecule is Cc1cccc(NC(=O)Cn2cccnc2=O)c1C(=O)O. The van der Waals surface area contributed by atoms with Crippen LogP contribution in [0.1, 0.15) is 15.9 Å². The molecule has 1 aromatic heterocycles. The molecule has 0 unspecified atom stereocenters. The lowest BCUT2D eigenvalue weighted by Crippen LogP contribution is -2.28. The summed E-state index contributed by atoms with van der Waals surface area (Å²) in [4.78, 5) is 38.1. The molecule has 7 heteroatoms. The molecular formula is C14H13N3O4. The van der Waals surface area contributed by atoms with Crippen molar-refractivity contribution in [2.24, 2.45) is 0 Å². The Hall–Kier alpha value is -2.96. The summed E-state index contributed by atoms with van der Waals surface area (Å²) < 4.78 is 1.13. The van der Waals surface area contributed by atoms with Crippen LogP contribution < -0.4 is 11.0 Å². The lowest BCUT2D eigenvalue weighted by atomic mass is 10.1. The average Bonchev–Trinajstić information content (AvgIpc) is 2.41. The van der Waals surface area contributed by atoms with Crippen LogP contribution in [0, 0.1) is 6.92 Å². The summed E-state index contributed by atoms with van der Waals surface area (Å²) in [5.74, 6) is -1.62. The molecule has 2 N–H and O–H groups in total. The largest absolute Gasteiger partial charge is 0.478 e. The number of nitrogens with one attached hydrogen (secondary N) is 1. The molecule has 0 saturated carbocycles. The highest BCUT2D eigenvalue weighted by Crippen LogP contribution is 2.19. The number of amides is 1. The third kappa shape index (κ3) is 3.33. The van der Waals surface area contributed by atoms with E-state index in [1.54, 1.807) is 19.1 Å². The van der Waals surface area contributed by atoms with E-state index >= 15 is 0 Å². The first-order valence-corrected chi connectivity index (χ1v) is 6.13. The highest BCUT2D eigenvalue weighted by atomic mass is 16.4. The van der Waals surface area contributed by atoms with E-state index in [4.69, 9.17) is 0 Å². The van der Waals surface area contributed by atoms with Crippen molar-refractivity contribution in [3.63, 3.8) is 0 Å². The number of aryl methyl sites for hydroxylation is 1. The molecule has 0 aliphatic rings. The van der Waals surface area contributed by atoms with Crippen molar-refractivity contribution < 1.29 is 14.7 Å². The van der Waals surface area contributed by atoms with E-state index < -0.39 is 17.6 Å². The van der Waals surface area contributed by atoms with Gasteiger partial charge in [-0.25, -0.2) is 14.6 Å². The van der Waals surface area contributed by atoms with Gasteiger partial charge >= 0.3 is 11.7 Å². The summed E-state index contributed by atoms with van der Waals surface area (Å²) in [6.07, 6.45) is 2.77. The average molecular weight is 287 g/mol. The number of aromatic carboxylic acids is 1. The number of carbonyl (C=O) groups is 2. The zero-order chi connectivity index (χ0) is 15.4. The second kappa shape index (κ2) is 6.00. The highest BCUT2D eigenvalue weighted by Gasteiger charge is 2.15. The van der Waals surface area contributed by atoms with Crippen LogP contribution >= 0.6 is 0 Å². The van der Waals surface area contributed by atoms with Gasteiger partial charge in [0.15, 0.2) is 0 Å². The van der Waals surface area contributed by atoms with Crippen LogP contribution in [0.4, 0.5) is 5.69 Å². The van der Waals surface area contributed by atoms with Crippen LogP contribution in [0.25, 0.3) is 0 Å². The van der Waals surface area contributed by atoms with Crippen molar-refractivity contribution >= 4 is 17.6 Å². The Morgan fingerprint density at radius 1 is 1.33 bits per heavy atom. The number of hydrogen-bond acceptors (Lipinski definition) is 4. The van der Waals surface area contributed by atoms with E-state index in [0.29, 0.717) is 5.56 Å². The molecule has 0 aliphatic carbocycles. The van der Waals surface area contributed by atoms with Gasteiger partial charge in [-0.3, -0.25) is 9.36 Å². The number of carboxylic acid groups (broad SMARTS) is 1. The maximum Gasteiger partial charge on any atom is 0.347 e. The Bertz CT molecular complexity index is 752. The van der Waals surface area contributed by atoms with Crippen molar-refractivity contribution in [3.05, 3.63) is 58.3 Å². The first-order valence-electron chi connectivity index (χ1n) is 6.13. The number of carbonyl (C=O) groups excluding carboxylic acids is 1. The van der Waals surface area contributed by atoms with Crippen molar-refractivity contribution in [1.82, 2.24) is 9.55 Å². The molecule has 21 heavy (non-hydrogen) atoms. The Kier molecular flexibility index (Phi) is 4.13. The number of carboxylic acids is 1. The predicted molar refractivity (Wildman–Crippen MR) is 75.3 cm³/mol. The van der Waals surface area contributed by atoms with E-state index in [2.05, 4.69) is 10.3 Å². The van der Waals surface area contributed by atoms with Crippen LogP contribution in [-0.2, 0) is 11.3 Å². The quantitative estimate of drug-likeness (QED) is 0.869. The number of aromatic nitrogens is 2. The molecule has 0 aliphatic heterocycles.